The number of carbonyl (C=O) groups excluding carboxylic acids is 1. The minimum atomic E-state index is -0.412. The summed E-state index contributed by atoms with van der Waals surface area (Å²) in [4.78, 5) is 30.0. The van der Waals surface area contributed by atoms with Crippen molar-refractivity contribution < 1.29 is 9.18 Å². The minimum absolute atomic E-state index is 0.119. The van der Waals surface area contributed by atoms with E-state index in [1.165, 1.54) is 36.4 Å². The summed E-state index contributed by atoms with van der Waals surface area (Å²) in [6.07, 6.45) is 0. The Hall–Kier alpha value is -3.36. The standard InChI is InChI=1S/C24H26FN5O2/c1-28-13-15-29(16-14-28)17-22(18-5-3-2-4-6-18)26-24(32)21-11-12-23(31)30(27-21)20-9-7-19(25)8-10-20/h2-12,22H,13-17H2,1H3,(H,26,32). The van der Waals surface area contributed by atoms with Crippen molar-refractivity contribution >= 4 is 5.91 Å². The Kier molecular flexibility index (Phi) is 6.72. The average Bonchev–Trinajstić information content (AvgIpc) is 2.81. The van der Waals surface area contributed by atoms with Gasteiger partial charge in [0.2, 0.25) is 0 Å². The second-order valence-corrected chi connectivity index (χ2v) is 7.99. The van der Waals surface area contributed by atoms with Gasteiger partial charge < -0.3 is 10.2 Å². The van der Waals surface area contributed by atoms with Gasteiger partial charge in [0.1, 0.15) is 11.5 Å². The van der Waals surface area contributed by atoms with Crippen LogP contribution in [0.5, 0.6) is 0 Å². The van der Waals surface area contributed by atoms with Crippen molar-refractivity contribution in [3.05, 3.63) is 94.2 Å². The number of piperazine rings is 1. The Morgan fingerprint density at radius 3 is 2.38 bits per heavy atom. The number of hydrogen-bond donors (Lipinski definition) is 1. The normalized spacial score (nSPS) is 15.9. The van der Waals surface area contributed by atoms with Crippen molar-refractivity contribution in [1.82, 2.24) is 24.9 Å². The van der Waals surface area contributed by atoms with Gasteiger partial charge in [-0.05, 0) is 42.9 Å². The first-order valence-corrected chi connectivity index (χ1v) is 10.6. The highest BCUT2D eigenvalue weighted by molar-refractivity contribution is 5.92. The molecule has 2 heterocycles. The molecule has 4 rings (SSSR count). The van der Waals surface area contributed by atoms with Gasteiger partial charge in [-0.1, -0.05) is 30.3 Å². The lowest BCUT2D eigenvalue weighted by Gasteiger charge is -2.35. The predicted octanol–water partition coefficient (Wildman–Crippen LogP) is 2.09. The number of benzene rings is 2. The molecule has 0 saturated carbocycles. The van der Waals surface area contributed by atoms with E-state index < -0.39 is 11.4 Å². The average molecular weight is 436 g/mol. The summed E-state index contributed by atoms with van der Waals surface area (Å²) in [5, 5.41) is 7.31. The molecule has 0 bridgehead atoms. The monoisotopic (exact) mass is 435 g/mol. The van der Waals surface area contributed by atoms with Crippen molar-refractivity contribution in [2.75, 3.05) is 39.8 Å². The molecule has 3 aromatic rings. The molecular formula is C24H26FN5O2. The number of halogens is 1. The van der Waals surface area contributed by atoms with Gasteiger partial charge in [-0.3, -0.25) is 14.5 Å². The van der Waals surface area contributed by atoms with Crippen molar-refractivity contribution in [3.8, 4) is 5.69 Å². The van der Waals surface area contributed by atoms with Crippen LogP contribution in [0.4, 0.5) is 4.39 Å². The van der Waals surface area contributed by atoms with Gasteiger partial charge in [0.05, 0.1) is 11.7 Å². The van der Waals surface area contributed by atoms with Crippen LogP contribution in [0.2, 0.25) is 0 Å². The van der Waals surface area contributed by atoms with Crippen LogP contribution in [-0.2, 0) is 0 Å². The Balaban J connectivity index is 1.56. The summed E-state index contributed by atoms with van der Waals surface area (Å²) in [5.41, 5.74) is 1.12. The van der Waals surface area contributed by atoms with Gasteiger partial charge in [0.25, 0.3) is 11.5 Å². The first-order valence-electron chi connectivity index (χ1n) is 10.6. The van der Waals surface area contributed by atoms with E-state index in [9.17, 15) is 14.0 Å². The molecule has 2 aromatic carbocycles. The van der Waals surface area contributed by atoms with Crippen LogP contribution in [0.25, 0.3) is 5.69 Å². The first kappa shape index (κ1) is 21.9. The van der Waals surface area contributed by atoms with E-state index >= 15 is 0 Å². The molecule has 0 spiro atoms. The smallest absolute Gasteiger partial charge is 0.272 e. The van der Waals surface area contributed by atoms with Crippen LogP contribution in [-0.4, -0.2) is 65.3 Å². The minimum Gasteiger partial charge on any atom is -0.343 e. The van der Waals surface area contributed by atoms with Gasteiger partial charge in [-0.25, -0.2) is 4.39 Å². The number of carbonyl (C=O) groups is 1. The number of nitrogens with zero attached hydrogens (tertiary/aromatic N) is 4. The van der Waals surface area contributed by atoms with Crippen molar-refractivity contribution in [3.63, 3.8) is 0 Å². The van der Waals surface area contributed by atoms with Crippen LogP contribution >= 0.6 is 0 Å². The van der Waals surface area contributed by atoms with Crippen LogP contribution < -0.4 is 10.9 Å². The topological polar surface area (TPSA) is 70.5 Å². The highest BCUT2D eigenvalue weighted by Gasteiger charge is 2.22. The van der Waals surface area contributed by atoms with E-state index in [0.29, 0.717) is 12.2 Å². The summed E-state index contributed by atoms with van der Waals surface area (Å²) >= 11 is 0. The van der Waals surface area contributed by atoms with E-state index in [2.05, 4.69) is 27.3 Å². The maximum absolute atomic E-state index is 13.3. The zero-order valence-electron chi connectivity index (χ0n) is 17.9. The molecule has 0 aliphatic carbocycles. The third-order valence-corrected chi connectivity index (χ3v) is 5.65. The number of likely N-dealkylation sites (N-methyl/N-ethyl adjacent to an activating group) is 1. The number of rotatable bonds is 6. The van der Waals surface area contributed by atoms with Crippen LogP contribution in [0.3, 0.4) is 0 Å². The molecular weight excluding hydrogens is 409 g/mol. The summed E-state index contributed by atoms with van der Waals surface area (Å²) in [6, 6.07) is 17.7. The Bertz CT molecular complexity index is 1110. The summed E-state index contributed by atoms with van der Waals surface area (Å²) in [7, 11) is 2.11. The number of amides is 1. The lowest BCUT2D eigenvalue weighted by Crippen LogP contribution is -2.48. The second-order valence-electron chi connectivity index (χ2n) is 7.99. The molecule has 1 saturated heterocycles. The number of nitrogens with one attached hydrogen (secondary N) is 1. The molecule has 166 valence electrons. The molecule has 1 unspecified atom stereocenters. The zero-order valence-corrected chi connectivity index (χ0v) is 17.9. The molecule has 1 fully saturated rings. The van der Waals surface area contributed by atoms with Crippen molar-refractivity contribution in [1.29, 1.82) is 0 Å². The third kappa shape index (κ3) is 5.27. The van der Waals surface area contributed by atoms with Crippen LogP contribution in [0, 0.1) is 5.82 Å². The second kappa shape index (κ2) is 9.84. The Morgan fingerprint density at radius 2 is 1.69 bits per heavy atom. The maximum Gasteiger partial charge on any atom is 0.272 e. The maximum atomic E-state index is 13.3. The zero-order chi connectivity index (χ0) is 22.5. The first-order chi connectivity index (χ1) is 15.5. The van der Waals surface area contributed by atoms with E-state index in [1.54, 1.807) is 0 Å². The largest absolute Gasteiger partial charge is 0.343 e. The van der Waals surface area contributed by atoms with Gasteiger partial charge in [0.15, 0.2) is 0 Å². The lowest BCUT2D eigenvalue weighted by atomic mass is 10.1. The number of aromatic nitrogens is 2. The fourth-order valence-electron chi connectivity index (χ4n) is 3.74. The van der Waals surface area contributed by atoms with Gasteiger partial charge in [0, 0.05) is 38.8 Å². The van der Waals surface area contributed by atoms with E-state index in [1.807, 2.05) is 30.3 Å². The molecule has 1 aliphatic heterocycles. The Morgan fingerprint density at radius 1 is 1.00 bits per heavy atom. The van der Waals surface area contributed by atoms with E-state index in [-0.39, 0.29) is 17.6 Å². The van der Waals surface area contributed by atoms with Crippen molar-refractivity contribution in [2.45, 2.75) is 6.04 Å². The van der Waals surface area contributed by atoms with Gasteiger partial charge in [-0.2, -0.15) is 9.78 Å². The molecule has 1 aliphatic rings. The molecule has 8 heteroatoms. The molecule has 1 amide bonds. The van der Waals surface area contributed by atoms with E-state index in [4.69, 9.17) is 0 Å². The SMILES string of the molecule is CN1CCN(CC(NC(=O)c2ccc(=O)n(-c3ccc(F)cc3)n2)c2ccccc2)CC1. The fraction of sp³-hybridized carbons (Fsp3) is 0.292. The lowest BCUT2D eigenvalue weighted by molar-refractivity contribution is 0.0900. The number of hydrogen-bond acceptors (Lipinski definition) is 5. The molecule has 32 heavy (non-hydrogen) atoms. The molecule has 1 N–H and O–H groups in total. The highest BCUT2D eigenvalue weighted by Crippen LogP contribution is 2.16. The third-order valence-electron chi connectivity index (χ3n) is 5.65. The molecule has 1 aromatic heterocycles. The van der Waals surface area contributed by atoms with Crippen molar-refractivity contribution in [2.24, 2.45) is 0 Å². The summed E-state index contributed by atoms with van der Waals surface area (Å²) in [5.74, 6) is -0.783. The van der Waals surface area contributed by atoms with Crippen LogP contribution in [0.15, 0.2) is 71.5 Å². The molecule has 0 radical (unpaired) electrons. The summed E-state index contributed by atoms with van der Waals surface area (Å²) in [6.45, 7) is 4.52. The summed E-state index contributed by atoms with van der Waals surface area (Å²) < 4.78 is 14.4. The molecule has 1 atom stereocenters. The Labute approximate surface area is 186 Å². The highest BCUT2D eigenvalue weighted by atomic mass is 19.1. The quantitative estimate of drug-likeness (QED) is 0.642. The predicted molar refractivity (Wildman–Crippen MR) is 120 cm³/mol. The molecule has 7 nitrogen and oxygen atoms in total. The van der Waals surface area contributed by atoms with Gasteiger partial charge in [-0.15, -0.1) is 0 Å². The van der Waals surface area contributed by atoms with E-state index in [0.717, 1.165) is 36.4 Å². The fourth-order valence-corrected chi connectivity index (χ4v) is 3.74. The van der Waals surface area contributed by atoms with Gasteiger partial charge >= 0.3 is 0 Å². The van der Waals surface area contributed by atoms with Crippen LogP contribution in [0.1, 0.15) is 22.1 Å².